The van der Waals surface area contributed by atoms with Gasteiger partial charge in [0.25, 0.3) is 0 Å². The summed E-state index contributed by atoms with van der Waals surface area (Å²) < 4.78 is 56.0. The van der Waals surface area contributed by atoms with Crippen LogP contribution in [0.5, 0.6) is 5.75 Å². The number of halogens is 4. The summed E-state index contributed by atoms with van der Waals surface area (Å²) in [5.74, 6) is -1.31. The second kappa shape index (κ2) is 8.93. The number of carbonyl (C=O) groups excluding carboxylic acids is 2. The molecule has 1 atom stereocenters. The number of hydrogen-bond acceptors (Lipinski definition) is 5. The van der Waals surface area contributed by atoms with E-state index < -0.39 is 29.7 Å². The van der Waals surface area contributed by atoms with Crippen LogP contribution in [-0.2, 0) is 15.7 Å². The molecule has 1 amide bonds. The van der Waals surface area contributed by atoms with Crippen LogP contribution in [0.4, 0.5) is 23.7 Å². The molecular weight excluding hydrogens is 427 g/mol. The first-order valence-electron chi connectivity index (χ1n) is 8.84. The van der Waals surface area contributed by atoms with Gasteiger partial charge < -0.3 is 14.2 Å². The Morgan fingerprint density at radius 3 is 2.47 bits per heavy atom. The molecule has 3 rings (SSSR count). The fraction of sp³-hybridized carbons (Fsp3) is 0.300. The first-order valence-corrected chi connectivity index (χ1v) is 9.22. The number of methoxy groups -OCH3 is 1. The van der Waals surface area contributed by atoms with Crippen LogP contribution in [0.2, 0.25) is 5.02 Å². The normalized spacial score (nSPS) is 16.2. The molecule has 2 aromatic carbocycles. The molecule has 1 fully saturated rings. The van der Waals surface area contributed by atoms with Gasteiger partial charge in [0.15, 0.2) is 0 Å². The molecular formula is C20H17ClF3NO5. The number of esters is 1. The Bertz CT molecular complexity index is 941. The summed E-state index contributed by atoms with van der Waals surface area (Å²) >= 11 is 5.76. The third kappa shape index (κ3) is 5.03. The van der Waals surface area contributed by atoms with Crippen LogP contribution < -0.4 is 10.1 Å². The molecule has 0 saturated carbocycles. The van der Waals surface area contributed by atoms with Gasteiger partial charge in [-0.25, -0.2) is 9.59 Å². The molecule has 1 saturated heterocycles. The average molecular weight is 444 g/mol. The Balaban J connectivity index is 1.97. The van der Waals surface area contributed by atoms with E-state index in [1.165, 1.54) is 24.3 Å². The number of ether oxygens (including phenoxy) is 3. The van der Waals surface area contributed by atoms with E-state index in [2.05, 4.69) is 10.1 Å². The molecule has 6 nitrogen and oxygen atoms in total. The van der Waals surface area contributed by atoms with Crippen molar-refractivity contribution in [3.8, 4) is 5.75 Å². The highest BCUT2D eigenvalue weighted by atomic mass is 35.5. The standard InChI is InChI=1S/C20H17ClF3NO5/c1-28-18(26)15-8-14(11-6-7-29-10-11)16(20(22,23)24)9-17(15)25-19(27)30-13-4-2-12(21)3-5-13/h2-5,8-9,11H,6-7,10H2,1H3,(H,25,27). The van der Waals surface area contributed by atoms with Crippen LogP contribution in [0.25, 0.3) is 0 Å². The third-order valence-corrected chi connectivity index (χ3v) is 4.78. The van der Waals surface area contributed by atoms with Crippen molar-refractivity contribution in [1.82, 2.24) is 0 Å². The van der Waals surface area contributed by atoms with Gasteiger partial charge in [-0.2, -0.15) is 13.2 Å². The van der Waals surface area contributed by atoms with Crippen LogP contribution in [0.15, 0.2) is 36.4 Å². The zero-order chi connectivity index (χ0) is 21.9. The quantitative estimate of drug-likeness (QED) is 0.652. The fourth-order valence-electron chi connectivity index (χ4n) is 3.11. The summed E-state index contributed by atoms with van der Waals surface area (Å²) in [4.78, 5) is 24.4. The van der Waals surface area contributed by atoms with Crippen LogP contribution in [0.1, 0.15) is 33.8 Å². The Hall–Kier alpha value is -2.78. The van der Waals surface area contributed by atoms with E-state index in [-0.39, 0.29) is 29.2 Å². The van der Waals surface area contributed by atoms with Gasteiger partial charge in [0.2, 0.25) is 0 Å². The zero-order valence-electron chi connectivity index (χ0n) is 15.7. The van der Waals surface area contributed by atoms with E-state index in [4.69, 9.17) is 21.1 Å². The van der Waals surface area contributed by atoms with Crippen molar-refractivity contribution in [3.05, 3.63) is 58.1 Å². The maximum atomic E-state index is 13.7. The van der Waals surface area contributed by atoms with Crippen LogP contribution in [0, 0.1) is 0 Å². The maximum Gasteiger partial charge on any atom is 0.417 e. The molecule has 1 unspecified atom stereocenters. The topological polar surface area (TPSA) is 73.9 Å². The second-order valence-electron chi connectivity index (χ2n) is 6.50. The Labute approximate surface area is 174 Å². The highest BCUT2D eigenvalue weighted by molar-refractivity contribution is 6.30. The van der Waals surface area contributed by atoms with Gasteiger partial charge in [0.1, 0.15) is 5.75 Å². The number of hydrogen-bond donors (Lipinski definition) is 1. The molecule has 1 aliphatic heterocycles. The van der Waals surface area contributed by atoms with E-state index in [9.17, 15) is 22.8 Å². The Morgan fingerprint density at radius 2 is 1.90 bits per heavy atom. The van der Waals surface area contributed by atoms with Crippen molar-refractivity contribution in [3.63, 3.8) is 0 Å². The number of alkyl halides is 3. The van der Waals surface area contributed by atoms with Crippen molar-refractivity contribution in [1.29, 1.82) is 0 Å². The SMILES string of the molecule is COC(=O)c1cc(C2CCOC2)c(C(F)(F)F)cc1NC(=O)Oc1ccc(Cl)cc1. The minimum Gasteiger partial charge on any atom is -0.465 e. The van der Waals surface area contributed by atoms with E-state index >= 15 is 0 Å². The lowest BCUT2D eigenvalue weighted by Crippen LogP contribution is -2.21. The van der Waals surface area contributed by atoms with Gasteiger partial charge in [-0.05, 0) is 48.4 Å². The van der Waals surface area contributed by atoms with Crippen LogP contribution in [0.3, 0.4) is 0 Å². The molecule has 2 aromatic rings. The summed E-state index contributed by atoms with van der Waals surface area (Å²) in [5, 5.41) is 2.61. The summed E-state index contributed by atoms with van der Waals surface area (Å²) in [5.41, 5.74) is -1.65. The van der Waals surface area contributed by atoms with Crippen LogP contribution in [-0.4, -0.2) is 32.4 Å². The smallest absolute Gasteiger partial charge is 0.417 e. The molecule has 1 aliphatic rings. The lowest BCUT2D eigenvalue weighted by Gasteiger charge is -2.20. The zero-order valence-corrected chi connectivity index (χ0v) is 16.5. The van der Waals surface area contributed by atoms with Gasteiger partial charge in [-0.15, -0.1) is 0 Å². The van der Waals surface area contributed by atoms with Gasteiger partial charge >= 0.3 is 18.2 Å². The lowest BCUT2D eigenvalue weighted by atomic mass is 9.90. The summed E-state index contributed by atoms with van der Waals surface area (Å²) in [6.07, 6.45) is -5.40. The second-order valence-corrected chi connectivity index (χ2v) is 6.94. The molecule has 0 radical (unpaired) electrons. The molecule has 1 N–H and O–H groups in total. The van der Waals surface area contributed by atoms with E-state index in [0.717, 1.165) is 13.2 Å². The first-order chi connectivity index (χ1) is 14.2. The number of carbonyl (C=O) groups is 2. The monoisotopic (exact) mass is 443 g/mol. The minimum atomic E-state index is -4.71. The molecule has 30 heavy (non-hydrogen) atoms. The average Bonchev–Trinajstić information content (AvgIpc) is 3.23. The molecule has 10 heteroatoms. The lowest BCUT2D eigenvalue weighted by molar-refractivity contribution is -0.138. The van der Waals surface area contributed by atoms with Crippen molar-refractivity contribution in [2.24, 2.45) is 0 Å². The van der Waals surface area contributed by atoms with E-state index in [0.29, 0.717) is 24.1 Å². The number of rotatable bonds is 4. The highest BCUT2D eigenvalue weighted by Crippen LogP contribution is 2.40. The fourth-order valence-corrected chi connectivity index (χ4v) is 3.23. The predicted octanol–water partition coefficient (Wildman–Crippen LogP) is 5.26. The summed E-state index contributed by atoms with van der Waals surface area (Å²) in [6, 6.07) is 7.57. The predicted molar refractivity (Wildman–Crippen MR) is 102 cm³/mol. The van der Waals surface area contributed by atoms with Crippen molar-refractivity contribution in [2.75, 3.05) is 25.6 Å². The Morgan fingerprint density at radius 1 is 1.20 bits per heavy atom. The third-order valence-electron chi connectivity index (χ3n) is 4.53. The van der Waals surface area contributed by atoms with Crippen molar-refractivity contribution in [2.45, 2.75) is 18.5 Å². The minimum absolute atomic E-state index is 0.0861. The summed E-state index contributed by atoms with van der Waals surface area (Å²) in [7, 11) is 1.09. The molecule has 1 heterocycles. The van der Waals surface area contributed by atoms with Gasteiger partial charge in [-0.3, -0.25) is 5.32 Å². The van der Waals surface area contributed by atoms with Crippen molar-refractivity contribution >= 4 is 29.4 Å². The number of benzene rings is 2. The largest absolute Gasteiger partial charge is 0.465 e. The maximum absolute atomic E-state index is 13.7. The van der Waals surface area contributed by atoms with Gasteiger partial charge in [0.05, 0.1) is 30.5 Å². The van der Waals surface area contributed by atoms with E-state index in [1.807, 2.05) is 0 Å². The van der Waals surface area contributed by atoms with Gasteiger partial charge in [-0.1, -0.05) is 11.6 Å². The van der Waals surface area contributed by atoms with E-state index in [1.54, 1.807) is 0 Å². The first kappa shape index (κ1) is 21.9. The number of amides is 1. The molecule has 160 valence electrons. The Kier molecular flexibility index (Phi) is 6.52. The number of nitrogens with one attached hydrogen (secondary N) is 1. The molecule has 0 spiro atoms. The highest BCUT2D eigenvalue weighted by Gasteiger charge is 2.38. The number of anilines is 1. The molecule has 0 bridgehead atoms. The molecule has 0 aliphatic carbocycles. The summed E-state index contributed by atoms with van der Waals surface area (Å²) in [6.45, 7) is 0.429. The van der Waals surface area contributed by atoms with Gasteiger partial charge in [0, 0.05) is 17.5 Å². The molecule has 0 aromatic heterocycles. The van der Waals surface area contributed by atoms with Crippen LogP contribution >= 0.6 is 11.6 Å². The van der Waals surface area contributed by atoms with Crippen molar-refractivity contribution < 1.29 is 37.0 Å².